The van der Waals surface area contributed by atoms with Crippen LogP contribution in [0.1, 0.15) is 37.6 Å². The van der Waals surface area contributed by atoms with E-state index in [9.17, 15) is 9.59 Å². The van der Waals surface area contributed by atoms with Crippen molar-refractivity contribution >= 4 is 11.8 Å². The standard InChI is InChI=1S/C14H20N2O2/c1-14(2,3)16-12(17)9-10-15-13(18)11-7-5-4-6-8-11/h4-8H,9-10H2,1-3H3,(H,15,18)(H,16,17). The van der Waals surface area contributed by atoms with E-state index in [1.54, 1.807) is 24.3 Å². The van der Waals surface area contributed by atoms with Gasteiger partial charge in [0.05, 0.1) is 0 Å². The first-order valence-electron chi connectivity index (χ1n) is 6.03. The van der Waals surface area contributed by atoms with E-state index < -0.39 is 0 Å². The molecule has 4 heteroatoms. The van der Waals surface area contributed by atoms with Gasteiger partial charge in [0.15, 0.2) is 0 Å². The molecule has 0 heterocycles. The maximum atomic E-state index is 11.7. The Bertz CT molecular complexity index is 408. The van der Waals surface area contributed by atoms with Crippen LogP contribution in [0.3, 0.4) is 0 Å². The van der Waals surface area contributed by atoms with Gasteiger partial charge in [0, 0.05) is 24.1 Å². The highest BCUT2D eigenvalue weighted by Crippen LogP contribution is 2.00. The summed E-state index contributed by atoms with van der Waals surface area (Å²) < 4.78 is 0. The Kier molecular flexibility index (Phi) is 4.89. The summed E-state index contributed by atoms with van der Waals surface area (Å²) in [5.41, 5.74) is 0.370. The fraction of sp³-hybridized carbons (Fsp3) is 0.429. The molecular formula is C14H20N2O2. The van der Waals surface area contributed by atoms with Crippen LogP contribution >= 0.6 is 0 Å². The average molecular weight is 248 g/mol. The lowest BCUT2D eigenvalue weighted by Gasteiger charge is -2.20. The van der Waals surface area contributed by atoms with Gasteiger partial charge in [-0.25, -0.2) is 0 Å². The molecule has 0 aliphatic heterocycles. The number of benzene rings is 1. The van der Waals surface area contributed by atoms with Crippen molar-refractivity contribution in [2.75, 3.05) is 6.54 Å². The molecule has 1 rings (SSSR count). The second kappa shape index (κ2) is 6.19. The van der Waals surface area contributed by atoms with Crippen LogP contribution < -0.4 is 10.6 Å². The van der Waals surface area contributed by atoms with E-state index in [0.717, 1.165) is 0 Å². The number of nitrogens with one attached hydrogen (secondary N) is 2. The lowest BCUT2D eigenvalue weighted by Crippen LogP contribution is -2.41. The van der Waals surface area contributed by atoms with Gasteiger partial charge in [-0.05, 0) is 32.9 Å². The Morgan fingerprint density at radius 3 is 2.28 bits per heavy atom. The van der Waals surface area contributed by atoms with Crippen LogP contribution in [0.15, 0.2) is 30.3 Å². The molecule has 0 bridgehead atoms. The minimum atomic E-state index is -0.236. The summed E-state index contributed by atoms with van der Waals surface area (Å²) in [5, 5.41) is 5.56. The summed E-state index contributed by atoms with van der Waals surface area (Å²) in [6.45, 7) is 6.12. The smallest absolute Gasteiger partial charge is 0.251 e. The van der Waals surface area contributed by atoms with Gasteiger partial charge in [-0.15, -0.1) is 0 Å². The van der Waals surface area contributed by atoms with Gasteiger partial charge < -0.3 is 10.6 Å². The number of hydrogen-bond acceptors (Lipinski definition) is 2. The lowest BCUT2D eigenvalue weighted by molar-refractivity contribution is -0.122. The van der Waals surface area contributed by atoms with E-state index in [-0.39, 0.29) is 23.8 Å². The van der Waals surface area contributed by atoms with Crippen molar-refractivity contribution in [1.29, 1.82) is 0 Å². The third-order valence-corrected chi connectivity index (χ3v) is 2.19. The molecular weight excluding hydrogens is 228 g/mol. The predicted molar refractivity (Wildman–Crippen MR) is 71.3 cm³/mol. The molecule has 0 unspecified atom stereocenters. The SMILES string of the molecule is CC(C)(C)NC(=O)CCNC(=O)c1ccccc1. The molecule has 18 heavy (non-hydrogen) atoms. The molecule has 0 atom stereocenters. The molecule has 0 aliphatic rings. The Balaban J connectivity index is 2.30. The largest absolute Gasteiger partial charge is 0.352 e. The van der Waals surface area contributed by atoms with Crippen LogP contribution in [0.25, 0.3) is 0 Å². The summed E-state index contributed by atoms with van der Waals surface area (Å²) in [5.74, 6) is -0.213. The lowest BCUT2D eigenvalue weighted by atomic mass is 10.1. The molecule has 98 valence electrons. The molecule has 0 aromatic heterocycles. The summed E-state index contributed by atoms with van der Waals surface area (Å²) in [4.78, 5) is 23.2. The van der Waals surface area contributed by atoms with E-state index in [2.05, 4.69) is 10.6 Å². The Labute approximate surface area is 108 Å². The Morgan fingerprint density at radius 2 is 1.72 bits per heavy atom. The van der Waals surface area contributed by atoms with Crippen LogP contribution in [0, 0.1) is 0 Å². The minimum absolute atomic E-state index is 0.0594. The number of carbonyl (C=O) groups is 2. The molecule has 4 nitrogen and oxygen atoms in total. The molecule has 1 aromatic rings. The zero-order valence-corrected chi connectivity index (χ0v) is 11.1. The molecule has 0 fully saturated rings. The number of amides is 2. The summed E-state index contributed by atoms with van der Waals surface area (Å²) in [6, 6.07) is 8.95. The fourth-order valence-corrected chi connectivity index (χ4v) is 1.46. The second-order valence-corrected chi connectivity index (χ2v) is 5.17. The third kappa shape index (κ3) is 5.48. The zero-order valence-electron chi connectivity index (χ0n) is 11.1. The van der Waals surface area contributed by atoms with Crippen molar-refractivity contribution < 1.29 is 9.59 Å². The summed E-state index contributed by atoms with van der Waals surface area (Å²) in [7, 11) is 0. The van der Waals surface area contributed by atoms with Crippen molar-refractivity contribution in [3.05, 3.63) is 35.9 Å². The Hall–Kier alpha value is -1.84. The maximum Gasteiger partial charge on any atom is 0.251 e. The third-order valence-electron chi connectivity index (χ3n) is 2.19. The topological polar surface area (TPSA) is 58.2 Å². The summed E-state index contributed by atoms with van der Waals surface area (Å²) in [6.07, 6.45) is 0.288. The quantitative estimate of drug-likeness (QED) is 0.852. The zero-order chi connectivity index (χ0) is 13.6. The number of hydrogen-bond donors (Lipinski definition) is 2. The van der Waals surface area contributed by atoms with Crippen molar-refractivity contribution in [2.24, 2.45) is 0 Å². The van der Waals surface area contributed by atoms with Gasteiger partial charge in [0.1, 0.15) is 0 Å². The number of carbonyl (C=O) groups excluding carboxylic acids is 2. The molecule has 0 radical (unpaired) electrons. The fourth-order valence-electron chi connectivity index (χ4n) is 1.46. The van der Waals surface area contributed by atoms with Gasteiger partial charge in [0.25, 0.3) is 5.91 Å². The summed E-state index contributed by atoms with van der Waals surface area (Å²) >= 11 is 0. The van der Waals surface area contributed by atoms with E-state index >= 15 is 0 Å². The van der Waals surface area contributed by atoms with Crippen molar-refractivity contribution in [3.63, 3.8) is 0 Å². The van der Waals surface area contributed by atoms with Crippen molar-refractivity contribution in [2.45, 2.75) is 32.7 Å². The average Bonchev–Trinajstić information content (AvgIpc) is 2.27. The van der Waals surface area contributed by atoms with Crippen LogP contribution in [0.5, 0.6) is 0 Å². The van der Waals surface area contributed by atoms with Gasteiger partial charge in [-0.2, -0.15) is 0 Å². The van der Waals surface area contributed by atoms with Crippen LogP contribution in [0.4, 0.5) is 0 Å². The first-order valence-corrected chi connectivity index (χ1v) is 6.03. The second-order valence-electron chi connectivity index (χ2n) is 5.17. The molecule has 0 saturated heterocycles. The minimum Gasteiger partial charge on any atom is -0.352 e. The van der Waals surface area contributed by atoms with Crippen LogP contribution in [0.2, 0.25) is 0 Å². The monoisotopic (exact) mass is 248 g/mol. The van der Waals surface area contributed by atoms with E-state index in [0.29, 0.717) is 12.1 Å². The van der Waals surface area contributed by atoms with E-state index in [1.807, 2.05) is 26.8 Å². The molecule has 1 aromatic carbocycles. The first-order chi connectivity index (χ1) is 8.38. The predicted octanol–water partition coefficient (Wildman–Crippen LogP) is 1.72. The van der Waals surface area contributed by atoms with Gasteiger partial charge in [-0.1, -0.05) is 18.2 Å². The van der Waals surface area contributed by atoms with Gasteiger partial charge in [-0.3, -0.25) is 9.59 Å². The first kappa shape index (κ1) is 14.2. The van der Waals surface area contributed by atoms with Crippen LogP contribution in [-0.2, 0) is 4.79 Å². The van der Waals surface area contributed by atoms with Crippen LogP contribution in [-0.4, -0.2) is 23.9 Å². The normalized spacial score (nSPS) is 10.8. The van der Waals surface area contributed by atoms with Crippen molar-refractivity contribution in [1.82, 2.24) is 10.6 Å². The molecule has 2 amide bonds. The molecule has 0 spiro atoms. The van der Waals surface area contributed by atoms with E-state index in [4.69, 9.17) is 0 Å². The van der Waals surface area contributed by atoms with Gasteiger partial charge in [0.2, 0.25) is 5.91 Å². The van der Waals surface area contributed by atoms with Crippen molar-refractivity contribution in [3.8, 4) is 0 Å². The molecule has 0 aliphatic carbocycles. The Morgan fingerprint density at radius 1 is 1.11 bits per heavy atom. The highest BCUT2D eigenvalue weighted by molar-refractivity contribution is 5.94. The highest BCUT2D eigenvalue weighted by Gasteiger charge is 2.13. The number of rotatable bonds is 4. The van der Waals surface area contributed by atoms with E-state index in [1.165, 1.54) is 0 Å². The highest BCUT2D eigenvalue weighted by atomic mass is 16.2. The molecule has 0 saturated carbocycles. The maximum absolute atomic E-state index is 11.7. The molecule has 2 N–H and O–H groups in total. The van der Waals surface area contributed by atoms with Gasteiger partial charge >= 0.3 is 0 Å².